The molecule has 12 heteroatoms. The van der Waals surface area contributed by atoms with Gasteiger partial charge in [-0.1, -0.05) is 29.4 Å². The highest BCUT2D eigenvalue weighted by Gasteiger charge is 2.17. The molecule has 10 nitrogen and oxygen atoms in total. The highest BCUT2D eigenvalue weighted by molar-refractivity contribution is 7.99. The minimum Gasteiger partial charge on any atom is -0.497 e. The molecule has 0 saturated heterocycles. The normalized spacial score (nSPS) is 10.8. The molecule has 0 aliphatic rings. The Morgan fingerprint density at radius 2 is 1.91 bits per heavy atom. The molecule has 2 aromatic heterocycles. The number of methoxy groups -OCH3 is 1. The van der Waals surface area contributed by atoms with E-state index in [1.165, 1.54) is 17.8 Å². The molecule has 174 valence electrons. The molecule has 0 unspecified atom stereocenters. The van der Waals surface area contributed by atoms with E-state index in [0.29, 0.717) is 33.1 Å². The van der Waals surface area contributed by atoms with E-state index in [1.54, 1.807) is 48.1 Å². The molecular weight excluding hydrogens is 480 g/mol. The van der Waals surface area contributed by atoms with Gasteiger partial charge in [-0.3, -0.25) is 19.1 Å². The fourth-order valence-electron chi connectivity index (χ4n) is 3.18. The predicted octanol–water partition coefficient (Wildman–Crippen LogP) is 2.63. The topological polar surface area (TPSA) is 135 Å². The van der Waals surface area contributed by atoms with Gasteiger partial charge in [-0.15, -0.1) is 10.2 Å². The van der Waals surface area contributed by atoms with E-state index in [9.17, 15) is 14.4 Å². The number of aromatic amines is 2. The summed E-state index contributed by atoms with van der Waals surface area (Å²) in [6, 6.07) is 15.4. The van der Waals surface area contributed by atoms with E-state index < -0.39 is 11.2 Å². The third-order valence-electron chi connectivity index (χ3n) is 4.64. The van der Waals surface area contributed by atoms with Crippen molar-refractivity contribution < 1.29 is 9.53 Å². The minimum absolute atomic E-state index is 0.0721. The van der Waals surface area contributed by atoms with Gasteiger partial charge in [-0.25, -0.2) is 4.79 Å². The standard InChI is InChI=1S/C22H19ClN6O4S/c1-33-17-7-5-16(6-8-17)29-18(10-15-11-19(30)26-21(32)25-15)27-28-22(29)34-12-20(31)24-14-4-2-3-13(23)9-14/h2-9,11H,10,12H2,1H3,(H,24,31)(H2,25,26,30,32). The lowest BCUT2D eigenvalue weighted by Gasteiger charge is -2.11. The second-order valence-electron chi connectivity index (χ2n) is 7.07. The molecule has 0 atom stereocenters. The van der Waals surface area contributed by atoms with Gasteiger partial charge in [0, 0.05) is 34.6 Å². The Labute approximate surface area is 202 Å². The monoisotopic (exact) mass is 498 g/mol. The average Bonchev–Trinajstić information content (AvgIpc) is 3.19. The van der Waals surface area contributed by atoms with E-state index in [-0.39, 0.29) is 18.1 Å². The van der Waals surface area contributed by atoms with Crippen LogP contribution in [0.15, 0.2) is 69.3 Å². The first kappa shape index (κ1) is 23.3. The van der Waals surface area contributed by atoms with Gasteiger partial charge in [0.1, 0.15) is 11.6 Å². The quantitative estimate of drug-likeness (QED) is 0.318. The lowest BCUT2D eigenvalue weighted by atomic mass is 10.2. The summed E-state index contributed by atoms with van der Waals surface area (Å²) in [5.41, 5.74) is 0.581. The summed E-state index contributed by atoms with van der Waals surface area (Å²) in [6.07, 6.45) is 0.146. The molecule has 3 N–H and O–H groups in total. The van der Waals surface area contributed by atoms with Gasteiger partial charge in [0.15, 0.2) is 5.16 Å². The third kappa shape index (κ3) is 5.74. The van der Waals surface area contributed by atoms with Gasteiger partial charge in [-0.05, 0) is 42.5 Å². The molecule has 34 heavy (non-hydrogen) atoms. The van der Waals surface area contributed by atoms with Gasteiger partial charge in [0.05, 0.1) is 12.9 Å². The summed E-state index contributed by atoms with van der Waals surface area (Å²) in [5, 5.41) is 12.3. The van der Waals surface area contributed by atoms with Crippen molar-refractivity contribution in [1.29, 1.82) is 0 Å². The molecule has 0 radical (unpaired) electrons. The Bertz CT molecular complexity index is 1400. The Morgan fingerprint density at radius 3 is 2.62 bits per heavy atom. The number of ether oxygens (including phenoxy) is 1. The zero-order valence-corrected chi connectivity index (χ0v) is 19.4. The number of hydrogen-bond donors (Lipinski definition) is 3. The number of nitrogens with one attached hydrogen (secondary N) is 3. The van der Waals surface area contributed by atoms with Crippen LogP contribution < -0.4 is 21.3 Å². The Kier molecular flexibility index (Phi) is 7.14. The van der Waals surface area contributed by atoms with Gasteiger partial charge < -0.3 is 15.0 Å². The fourth-order valence-corrected chi connectivity index (χ4v) is 4.14. The average molecular weight is 499 g/mol. The number of thioether (sulfide) groups is 1. The van der Waals surface area contributed by atoms with Gasteiger partial charge in [-0.2, -0.15) is 0 Å². The van der Waals surface area contributed by atoms with Crippen molar-refractivity contribution in [3.8, 4) is 11.4 Å². The summed E-state index contributed by atoms with van der Waals surface area (Å²) in [6.45, 7) is 0. The highest BCUT2D eigenvalue weighted by Crippen LogP contribution is 2.25. The smallest absolute Gasteiger partial charge is 0.325 e. The SMILES string of the molecule is COc1ccc(-n2c(Cc3cc(=O)[nH]c(=O)[nH]3)nnc2SCC(=O)Nc2cccc(Cl)c2)cc1. The predicted molar refractivity (Wildman–Crippen MR) is 129 cm³/mol. The molecule has 0 spiro atoms. The third-order valence-corrected chi connectivity index (χ3v) is 5.80. The molecular formula is C22H19ClN6O4S. The van der Waals surface area contributed by atoms with Crippen molar-refractivity contribution in [3.05, 3.63) is 92.0 Å². The Morgan fingerprint density at radius 1 is 1.12 bits per heavy atom. The number of hydrogen-bond acceptors (Lipinski definition) is 7. The molecule has 2 heterocycles. The van der Waals surface area contributed by atoms with E-state index in [1.807, 2.05) is 12.1 Å². The second-order valence-corrected chi connectivity index (χ2v) is 8.45. The Hall–Kier alpha value is -3.83. The van der Waals surface area contributed by atoms with Crippen LogP contribution in [0.2, 0.25) is 5.02 Å². The number of carbonyl (C=O) groups excluding carboxylic acids is 1. The number of H-pyrrole nitrogens is 2. The molecule has 0 fully saturated rings. The number of nitrogens with zero attached hydrogens (tertiary/aromatic N) is 3. The molecule has 0 bridgehead atoms. The maximum absolute atomic E-state index is 12.5. The number of rotatable bonds is 8. The van der Waals surface area contributed by atoms with Crippen molar-refractivity contribution in [3.63, 3.8) is 0 Å². The van der Waals surface area contributed by atoms with Crippen LogP contribution in [0.4, 0.5) is 5.69 Å². The first-order valence-corrected chi connectivity index (χ1v) is 11.4. The Balaban J connectivity index is 1.60. The number of amides is 1. The highest BCUT2D eigenvalue weighted by atomic mass is 35.5. The summed E-state index contributed by atoms with van der Waals surface area (Å²) < 4.78 is 6.99. The van der Waals surface area contributed by atoms with E-state index >= 15 is 0 Å². The number of halogens is 1. The number of carbonyl (C=O) groups is 1. The van der Waals surface area contributed by atoms with Crippen molar-refractivity contribution in [2.75, 3.05) is 18.2 Å². The maximum Gasteiger partial charge on any atom is 0.325 e. The summed E-state index contributed by atoms with van der Waals surface area (Å²) >= 11 is 7.16. The molecule has 4 aromatic rings. The van der Waals surface area contributed by atoms with Gasteiger partial charge in [0.25, 0.3) is 5.56 Å². The van der Waals surface area contributed by atoms with Crippen molar-refractivity contribution in [2.45, 2.75) is 11.6 Å². The largest absolute Gasteiger partial charge is 0.497 e. The van der Waals surface area contributed by atoms with Crippen LogP contribution in [0, 0.1) is 0 Å². The van der Waals surface area contributed by atoms with Crippen molar-refractivity contribution in [2.24, 2.45) is 0 Å². The summed E-state index contributed by atoms with van der Waals surface area (Å²) in [4.78, 5) is 40.5. The number of aromatic nitrogens is 5. The molecule has 1 amide bonds. The fraction of sp³-hybridized carbons (Fsp3) is 0.136. The molecule has 0 aliphatic carbocycles. The lowest BCUT2D eigenvalue weighted by molar-refractivity contribution is -0.113. The van der Waals surface area contributed by atoms with Crippen LogP contribution >= 0.6 is 23.4 Å². The zero-order valence-electron chi connectivity index (χ0n) is 17.9. The summed E-state index contributed by atoms with van der Waals surface area (Å²) in [7, 11) is 1.57. The maximum atomic E-state index is 12.5. The van der Waals surface area contributed by atoms with Gasteiger partial charge in [0.2, 0.25) is 5.91 Å². The van der Waals surface area contributed by atoms with Crippen LogP contribution in [0.1, 0.15) is 11.5 Å². The van der Waals surface area contributed by atoms with E-state index in [4.69, 9.17) is 16.3 Å². The number of benzene rings is 2. The van der Waals surface area contributed by atoms with Crippen LogP contribution in [0.5, 0.6) is 5.75 Å². The molecule has 0 aliphatic heterocycles. The first-order chi connectivity index (χ1) is 16.4. The molecule has 4 rings (SSSR count). The summed E-state index contributed by atoms with van der Waals surface area (Å²) in [5.74, 6) is 0.983. The lowest BCUT2D eigenvalue weighted by Crippen LogP contribution is -2.23. The molecule has 0 saturated carbocycles. The van der Waals surface area contributed by atoms with E-state index in [2.05, 4.69) is 25.5 Å². The molecule has 2 aromatic carbocycles. The van der Waals surface area contributed by atoms with Gasteiger partial charge >= 0.3 is 5.69 Å². The minimum atomic E-state index is -0.606. The number of anilines is 1. The first-order valence-electron chi connectivity index (χ1n) is 10.0. The zero-order chi connectivity index (χ0) is 24.1. The van der Waals surface area contributed by atoms with Crippen LogP contribution in [0.25, 0.3) is 5.69 Å². The van der Waals surface area contributed by atoms with Crippen molar-refractivity contribution in [1.82, 2.24) is 24.7 Å². The van der Waals surface area contributed by atoms with E-state index in [0.717, 1.165) is 5.69 Å². The second kappa shape index (κ2) is 10.4. The van der Waals surface area contributed by atoms with Crippen LogP contribution in [-0.2, 0) is 11.2 Å². The van der Waals surface area contributed by atoms with Crippen molar-refractivity contribution >= 4 is 35.0 Å². The van der Waals surface area contributed by atoms with Crippen LogP contribution in [-0.4, -0.2) is 43.5 Å². The van der Waals surface area contributed by atoms with Crippen LogP contribution in [0.3, 0.4) is 0 Å².